The Kier molecular flexibility index (Phi) is 4.43. The summed E-state index contributed by atoms with van der Waals surface area (Å²) in [7, 11) is 0. The molecule has 2 heteroatoms. The minimum absolute atomic E-state index is 0.343. The van der Waals surface area contributed by atoms with Crippen molar-refractivity contribution < 1.29 is 5.11 Å². The number of aromatic hydroxyl groups is 1. The van der Waals surface area contributed by atoms with Gasteiger partial charge in [0.25, 0.3) is 0 Å². The molecule has 2 nitrogen and oxygen atoms in total. The van der Waals surface area contributed by atoms with Crippen molar-refractivity contribution in [3.63, 3.8) is 0 Å². The summed E-state index contributed by atoms with van der Waals surface area (Å²) < 4.78 is 0. The predicted octanol–water partition coefficient (Wildman–Crippen LogP) is 3.31. The summed E-state index contributed by atoms with van der Waals surface area (Å²) in [6.07, 6.45) is 5.55. The topological polar surface area (TPSA) is 32.3 Å². The third-order valence-electron chi connectivity index (χ3n) is 3.83. The molecular weight excluding hydrogens is 210 g/mol. The van der Waals surface area contributed by atoms with E-state index in [0.717, 1.165) is 24.9 Å². The fourth-order valence-corrected chi connectivity index (χ4v) is 2.57. The molecule has 0 aromatic heterocycles. The lowest BCUT2D eigenvalue weighted by atomic mass is 9.83. The lowest BCUT2D eigenvalue weighted by Gasteiger charge is -2.26. The van der Waals surface area contributed by atoms with Crippen molar-refractivity contribution in [2.75, 3.05) is 6.54 Å². The molecule has 0 saturated heterocycles. The fourth-order valence-electron chi connectivity index (χ4n) is 2.57. The van der Waals surface area contributed by atoms with E-state index in [1.807, 2.05) is 12.1 Å². The number of nitrogens with one attached hydrogen (secondary N) is 1. The summed E-state index contributed by atoms with van der Waals surface area (Å²) in [6.45, 7) is 4.40. The molecule has 0 heterocycles. The maximum Gasteiger partial charge on any atom is 0.115 e. The summed E-state index contributed by atoms with van der Waals surface area (Å²) in [6, 6.07) is 7.45. The molecular formula is C15H23NO. The molecule has 1 aromatic rings. The second-order valence-electron chi connectivity index (χ2n) is 5.42. The molecule has 1 saturated carbocycles. The highest BCUT2D eigenvalue weighted by Crippen LogP contribution is 2.27. The van der Waals surface area contributed by atoms with Crippen LogP contribution in [0.3, 0.4) is 0 Å². The minimum Gasteiger partial charge on any atom is -0.508 e. The van der Waals surface area contributed by atoms with E-state index in [9.17, 15) is 5.11 Å². The maximum absolute atomic E-state index is 9.19. The molecule has 0 bridgehead atoms. The quantitative estimate of drug-likeness (QED) is 0.836. The van der Waals surface area contributed by atoms with E-state index < -0.39 is 0 Å². The zero-order valence-corrected chi connectivity index (χ0v) is 10.7. The summed E-state index contributed by atoms with van der Waals surface area (Å²) in [4.78, 5) is 0. The Labute approximate surface area is 104 Å². The van der Waals surface area contributed by atoms with Crippen LogP contribution in [0.2, 0.25) is 0 Å². The summed E-state index contributed by atoms with van der Waals surface area (Å²) in [5, 5.41) is 12.7. The van der Waals surface area contributed by atoms with Crippen LogP contribution in [0.15, 0.2) is 24.3 Å². The van der Waals surface area contributed by atoms with Crippen LogP contribution >= 0.6 is 0 Å². The van der Waals surface area contributed by atoms with Gasteiger partial charge < -0.3 is 10.4 Å². The minimum atomic E-state index is 0.343. The van der Waals surface area contributed by atoms with Crippen LogP contribution < -0.4 is 5.32 Å². The van der Waals surface area contributed by atoms with Gasteiger partial charge in [0.15, 0.2) is 0 Å². The Morgan fingerprint density at radius 1 is 1.12 bits per heavy atom. The highest BCUT2D eigenvalue weighted by molar-refractivity contribution is 5.25. The molecule has 2 rings (SSSR count). The van der Waals surface area contributed by atoms with Gasteiger partial charge in [-0.3, -0.25) is 0 Å². The predicted molar refractivity (Wildman–Crippen MR) is 70.9 cm³/mol. The first-order valence-electron chi connectivity index (χ1n) is 6.72. The van der Waals surface area contributed by atoms with Crippen LogP contribution in [0.5, 0.6) is 5.75 Å². The Balaban J connectivity index is 1.67. The second kappa shape index (κ2) is 6.06. The van der Waals surface area contributed by atoms with Crippen molar-refractivity contribution >= 4 is 0 Å². The van der Waals surface area contributed by atoms with E-state index in [1.54, 1.807) is 12.1 Å². The van der Waals surface area contributed by atoms with Crippen molar-refractivity contribution in [3.8, 4) is 5.75 Å². The third kappa shape index (κ3) is 4.04. The number of hydrogen-bond acceptors (Lipinski definition) is 2. The number of phenols is 1. The molecule has 17 heavy (non-hydrogen) atoms. The molecule has 0 aliphatic heterocycles. The van der Waals surface area contributed by atoms with Gasteiger partial charge in [-0.25, -0.2) is 0 Å². The van der Waals surface area contributed by atoms with Crippen molar-refractivity contribution in [3.05, 3.63) is 29.8 Å². The first-order chi connectivity index (χ1) is 8.24. The Morgan fingerprint density at radius 3 is 2.41 bits per heavy atom. The molecule has 1 aliphatic carbocycles. The molecule has 0 amide bonds. The van der Waals surface area contributed by atoms with Gasteiger partial charge in [-0.15, -0.1) is 0 Å². The average Bonchev–Trinajstić information content (AvgIpc) is 2.34. The molecule has 0 unspecified atom stereocenters. The highest BCUT2D eigenvalue weighted by Gasteiger charge is 2.17. The van der Waals surface area contributed by atoms with E-state index in [2.05, 4.69) is 12.2 Å². The molecule has 94 valence electrons. The first kappa shape index (κ1) is 12.4. The van der Waals surface area contributed by atoms with Crippen LogP contribution in [0.4, 0.5) is 0 Å². The van der Waals surface area contributed by atoms with E-state index in [-0.39, 0.29) is 0 Å². The summed E-state index contributed by atoms with van der Waals surface area (Å²) in [5.41, 5.74) is 1.24. The molecule has 1 fully saturated rings. The number of rotatable bonds is 4. The van der Waals surface area contributed by atoms with Crippen LogP contribution in [-0.4, -0.2) is 11.7 Å². The van der Waals surface area contributed by atoms with Gasteiger partial charge in [-0.05, 0) is 48.9 Å². The van der Waals surface area contributed by atoms with E-state index in [4.69, 9.17) is 0 Å². The van der Waals surface area contributed by atoms with E-state index in [1.165, 1.54) is 31.2 Å². The van der Waals surface area contributed by atoms with Gasteiger partial charge in [0, 0.05) is 6.54 Å². The molecule has 0 spiro atoms. The van der Waals surface area contributed by atoms with Gasteiger partial charge in [-0.2, -0.15) is 0 Å². The smallest absolute Gasteiger partial charge is 0.115 e. The van der Waals surface area contributed by atoms with E-state index in [0.29, 0.717) is 5.75 Å². The van der Waals surface area contributed by atoms with Crippen molar-refractivity contribution in [2.45, 2.75) is 39.2 Å². The third-order valence-corrected chi connectivity index (χ3v) is 3.83. The van der Waals surface area contributed by atoms with Crippen LogP contribution in [0.1, 0.15) is 38.2 Å². The molecule has 0 radical (unpaired) electrons. The maximum atomic E-state index is 9.19. The fraction of sp³-hybridized carbons (Fsp3) is 0.600. The Bertz CT molecular complexity index is 325. The Morgan fingerprint density at radius 2 is 1.76 bits per heavy atom. The average molecular weight is 233 g/mol. The highest BCUT2D eigenvalue weighted by atomic mass is 16.3. The Hall–Kier alpha value is -1.02. The van der Waals surface area contributed by atoms with Crippen LogP contribution in [0, 0.1) is 11.8 Å². The zero-order valence-electron chi connectivity index (χ0n) is 10.7. The lowest BCUT2D eigenvalue weighted by molar-refractivity contribution is 0.281. The summed E-state index contributed by atoms with van der Waals surface area (Å²) in [5.74, 6) is 2.14. The van der Waals surface area contributed by atoms with Crippen molar-refractivity contribution in [1.82, 2.24) is 5.32 Å². The molecule has 0 atom stereocenters. The van der Waals surface area contributed by atoms with E-state index >= 15 is 0 Å². The molecule has 1 aliphatic rings. The van der Waals surface area contributed by atoms with Gasteiger partial charge in [-0.1, -0.05) is 31.9 Å². The van der Waals surface area contributed by atoms with Crippen LogP contribution in [0.25, 0.3) is 0 Å². The second-order valence-corrected chi connectivity index (χ2v) is 5.42. The van der Waals surface area contributed by atoms with Crippen molar-refractivity contribution in [1.29, 1.82) is 0 Å². The van der Waals surface area contributed by atoms with Crippen LogP contribution in [-0.2, 0) is 6.54 Å². The standard InChI is InChI=1S/C15H23NO/c1-12-2-4-13(5-3-12)10-16-11-14-6-8-15(17)9-7-14/h6-9,12-13,16-17H,2-5,10-11H2,1H3. The van der Waals surface area contributed by atoms with Gasteiger partial charge in [0.05, 0.1) is 0 Å². The van der Waals surface area contributed by atoms with Gasteiger partial charge >= 0.3 is 0 Å². The number of hydrogen-bond donors (Lipinski definition) is 2. The van der Waals surface area contributed by atoms with Gasteiger partial charge in [0.1, 0.15) is 5.75 Å². The number of phenolic OH excluding ortho intramolecular Hbond substituents is 1. The summed E-state index contributed by atoms with van der Waals surface area (Å²) >= 11 is 0. The molecule has 1 aromatic carbocycles. The monoisotopic (exact) mass is 233 g/mol. The molecule has 2 N–H and O–H groups in total. The SMILES string of the molecule is CC1CCC(CNCc2ccc(O)cc2)CC1. The lowest BCUT2D eigenvalue weighted by Crippen LogP contribution is -2.25. The van der Waals surface area contributed by atoms with Crippen molar-refractivity contribution in [2.24, 2.45) is 11.8 Å². The first-order valence-corrected chi connectivity index (χ1v) is 6.72. The normalized spacial score (nSPS) is 24.8. The largest absolute Gasteiger partial charge is 0.508 e. The zero-order chi connectivity index (χ0) is 12.1. The van der Waals surface area contributed by atoms with Gasteiger partial charge in [0.2, 0.25) is 0 Å². The number of benzene rings is 1.